The van der Waals surface area contributed by atoms with Gasteiger partial charge in [0.1, 0.15) is 5.75 Å². The van der Waals surface area contributed by atoms with Gasteiger partial charge in [0.15, 0.2) is 0 Å². The molecule has 2 rings (SSSR count). The first-order valence-corrected chi connectivity index (χ1v) is 7.37. The highest BCUT2D eigenvalue weighted by Gasteiger charge is 2.12. The topological polar surface area (TPSA) is 93.4 Å². The molecule has 0 saturated heterocycles. The fourth-order valence-corrected chi connectivity index (χ4v) is 1.99. The lowest BCUT2D eigenvalue weighted by molar-refractivity contribution is -0.111. The quantitative estimate of drug-likeness (QED) is 0.794. The molecule has 0 aliphatic heterocycles. The minimum absolute atomic E-state index is 0.0673. The molecule has 2 N–H and O–H groups in total. The number of aromatic nitrogens is 2. The van der Waals surface area contributed by atoms with Crippen LogP contribution in [0.4, 0.5) is 5.69 Å². The van der Waals surface area contributed by atoms with Crippen LogP contribution in [0.5, 0.6) is 5.75 Å². The third-order valence-corrected chi connectivity index (χ3v) is 3.00. The summed E-state index contributed by atoms with van der Waals surface area (Å²) in [6, 6.07) is 4.33. The molecule has 0 aliphatic rings. The number of nitrogens with one attached hydrogen (secondary N) is 1. The maximum Gasteiger partial charge on any atom is 0.335 e. The van der Waals surface area contributed by atoms with Crippen molar-refractivity contribution in [2.24, 2.45) is 7.05 Å². The molecular formula is C17H19N3O4. The Hall–Kier alpha value is -3.09. The fraction of sp³-hybridized carbons (Fsp3) is 0.235. The van der Waals surface area contributed by atoms with Crippen LogP contribution in [0.2, 0.25) is 0 Å². The molecule has 24 heavy (non-hydrogen) atoms. The molecule has 1 amide bonds. The second kappa shape index (κ2) is 7.45. The maximum absolute atomic E-state index is 12.1. The van der Waals surface area contributed by atoms with E-state index in [1.54, 1.807) is 30.2 Å². The summed E-state index contributed by atoms with van der Waals surface area (Å²) in [5.41, 5.74) is 1.16. The predicted octanol–water partition coefficient (Wildman–Crippen LogP) is 2.56. The molecule has 0 atom stereocenters. The number of carboxylic acid groups (broad SMARTS) is 1. The molecular weight excluding hydrogens is 310 g/mol. The number of rotatable bonds is 6. The second-order valence-electron chi connectivity index (χ2n) is 5.45. The number of hydrogen-bond donors (Lipinski definition) is 2. The first-order chi connectivity index (χ1) is 11.3. The Balaban J connectivity index is 2.19. The van der Waals surface area contributed by atoms with Crippen molar-refractivity contribution in [3.8, 4) is 5.75 Å². The predicted molar refractivity (Wildman–Crippen MR) is 90.0 cm³/mol. The van der Waals surface area contributed by atoms with Crippen LogP contribution in [0.3, 0.4) is 0 Å². The summed E-state index contributed by atoms with van der Waals surface area (Å²) in [6.07, 6.45) is 6.25. The van der Waals surface area contributed by atoms with Gasteiger partial charge in [-0.2, -0.15) is 5.10 Å². The number of hydrogen-bond acceptors (Lipinski definition) is 4. The number of benzene rings is 1. The zero-order valence-corrected chi connectivity index (χ0v) is 13.7. The van der Waals surface area contributed by atoms with Crippen LogP contribution < -0.4 is 10.1 Å². The Bertz CT molecular complexity index is 778. The Morgan fingerprint density at radius 2 is 2.12 bits per heavy atom. The van der Waals surface area contributed by atoms with Gasteiger partial charge in [0.05, 0.1) is 23.6 Å². The van der Waals surface area contributed by atoms with Crippen LogP contribution in [0.25, 0.3) is 6.08 Å². The number of aromatic carboxylic acids is 1. The zero-order valence-electron chi connectivity index (χ0n) is 13.7. The van der Waals surface area contributed by atoms with E-state index in [1.165, 1.54) is 24.3 Å². The van der Waals surface area contributed by atoms with Gasteiger partial charge < -0.3 is 15.2 Å². The van der Waals surface area contributed by atoms with Crippen molar-refractivity contribution in [1.29, 1.82) is 0 Å². The highest BCUT2D eigenvalue weighted by molar-refractivity contribution is 6.03. The fourth-order valence-electron chi connectivity index (χ4n) is 1.99. The molecule has 1 aromatic heterocycles. The molecule has 1 heterocycles. The van der Waals surface area contributed by atoms with E-state index >= 15 is 0 Å². The van der Waals surface area contributed by atoms with E-state index in [0.29, 0.717) is 11.4 Å². The molecule has 0 spiro atoms. The van der Waals surface area contributed by atoms with Crippen molar-refractivity contribution in [1.82, 2.24) is 9.78 Å². The average molecular weight is 329 g/mol. The molecule has 0 fully saturated rings. The van der Waals surface area contributed by atoms with Crippen LogP contribution in [0.15, 0.2) is 36.7 Å². The first-order valence-electron chi connectivity index (χ1n) is 7.37. The van der Waals surface area contributed by atoms with Gasteiger partial charge in [-0.3, -0.25) is 9.48 Å². The minimum Gasteiger partial charge on any atom is -0.489 e. The maximum atomic E-state index is 12.1. The second-order valence-corrected chi connectivity index (χ2v) is 5.45. The van der Waals surface area contributed by atoms with Crippen molar-refractivity contribution >= 4 is 23.6 Å². The first kappa shape index (κ1) is 17.3. The van der Waals surface area contributed by atoms with E-state index in [9.17, 15) is 9.59 Å². The van der Waals surface area contributed by atoms with Gasteiger partial charge in [0, 0.05) is 24.9 Å². The molecule has 7 heteroatoms. The lowest BCUT2D eigenvalue weighted by atomic mass is 10.2. The molecule has 126 valence electrons. The van der Waals surface area contributed by atoms with Crippen LogP contribution in [-0.2, 0) is 11.8 Å². The Kier molecular flexibility index (Phi) is 5.36. The number of carbonyl (C=O) groups is 2. The van der Waals surface area contributed by atoms with Crippen molar-refractivity contribution in [2.75, 3.05) is 5.32 Å². The number of nitrogens with zero attached hydrogens (tertiary/aromatic N) is 2. The Labute approximate surface area is 139 Å². The smallest absolute Gasteiger partial charge is 0.335 e. The number of carboxylic acids is 1. The van der Waals surface area contributed by atoms with Gasteiger partial charge in [-0.25, -0.2) is 4.79 Å². The number of anilines is 1. The molecule has 0 saturated carbocycles. The van der Waals surface area contributed by atoms with Gasteiger partial charge in [0.25, 0.3) is 0 Å². The summed E-state index contributed by atoms with van der Waals surface area (Å²) in [6.45, 7) is 3.69. The van der Waals surface area contributed by atoms with E-state index in [0.717, 1.165) is 5.56 Å². The SMILES string of the molecule is CC(C)Oc1ccc(C(=O)O)cc1NC(=O)C=Cc1cnn(C)c1. The van der Waals surface area contributed by atoms with Crippen LogP contribution >= 0.6 is 0 Å². The largest absolute Gasteiger partial charge is 0.489 e. The molecule has 1 aromatic carbocycles. The summed E-state index contributed by atoms with van der Waals surface area (Å²) >= 11 is 0. The normalized spacial score (nSPS) is 11.0. The molecule has 7 nitrogen and oxygen atoms in total. The highest BCUT2D eigenvalue weighted by atomic mass is 16.5. The van der Waals surface area contributed by atoms with Crippen molar-refractivity contribution in [3.05, 3.63) is 47.8 Å². The van der Waals surface area contributed by atoms with E-state index in [2.05, 4.69) is 10.4 Å². The monoisotopic (exact) mass is 329 g/mol. The van der Waals surface area contributed by atoms with Gasteiger partial charge in [-0.1, -0.05) is 0 Å². The van der Waals surface area contributed by atoms with Gasteiger partial charge in [-0.15, -0.1) is 0 Å². The molecule has 0 bridgehead atoms. The lowest BCUT2D eigenvalue weighted by Crippen LogP contribution is -2.13. The molecule has 0 aliphatic carbocycles. The lowest BCUT2D eigenvalue weighted by Gasteiger charge is -2.15. The summed E-state index contributed by atoms with van der Waals surface area (Å²) in [5.74, 6) is -1.05. The van der Waals surface area contributed by atoms with Crippen LogP contribution in [0, 0.1) is 0 Å². The van der Waals surface area contributed by atoms with Crippen LogP contribution in [-0.4, -0.2) is 32.9 Å². The van der Waals surface area contributed by atoms with Crippen LogP contribution in [0.1, 0.15) is 29.8 Å². The van der Waals surface area contributed by atoms with E-state index < -0.39 is 11.9 Å². The number of amides is 1. The summed E-state index contributed by atoms with van der Waals surface area (Å²) in [4.78, 5) is 23.2. The third kappa shape index (κ3) is 4.70. The average Bonchev–Trinajstić information content (AvgIpc) is 2.92. The summed E-state index contributed by atoms with van der Waals surface area (Å²) < 4.78 is 7.23. The van der Waals surface area contributed by atoms with Gasteiger partial charge in [0.2, 0.25) is 5.91 Å². The van der Waals surface area contributed by atoms with Crippen molar-refractivity contribution < 1.29 is 19.4 Å². The highest BCUT2D eigenvalue weighted by Crippen LogP contribution is 2.27. The summed E-state index contributed by atoms with van der Waals surface area (Å²) in [5, 5.41) is 15.7. The minimum atomic E-state index is -1.08. The van der Waals surface area contributed by atoms with Gasteiger partial charge >= 0.3 is 5.97 Å². The molecule has 0 unspecified atom stereocenters. The summed E-state index contributed by atoms with van der Waals surface area (Å²) in [7, 11) is 1.78. The number of aryl methyl sites for hydroxylation is 1. The number of ether oxygens (including phenoxy) is 1. The molecule has 0 radical (unpaired) electrons. The number of carbonyl (C=O) groups excluding carboxylic acids is 1. The van der Waals surface area contributed by atoms with Crippen molar-refractivity contribution in [2.45, 2.75) is 20.0 Å². The van der Waals surface area contributed by atoms with E-state index in [-0.39, 0.29) is 11.7 Å². The molecule has 2 aromatic rings. The van der Waals surface area contributed by atoms with Crippen molar-refractivity contribution in [3.63, 3.8) is 0 Å². The van der Waals surface area contributed by atoms with E-state index in [1.807, 2.05) is 13.8 Å². The third-order valence-electron chi connectivity index (χ3n) is 3.00. The Morgan fingerprint density at radius 1 is 1.38 bits per heavy atom. The van der Waals surface area contributed by atoms with Gasteiger partial charge in [-0.05, 0) is 38.1 Å². The van der Waals surface area contributed by atoms with E-state index in [4.69, 9.17) is 9.84 Å². The zero-order chi connectivity index (χ0) is 17.7. The standard InChI is InChI=1S/C17H19N3O4/c1-11(2)24-15-6-5-13(17(22)23)8-14(15)19-16(21)7-4-12-9-18-20(3)10-12/h4-11H,1-3H3,(H,19,21)(H,22,23). The Morgan fingerprint density at radius 3 is 2.71 bits per heavy atom.